The Morgan fingerprint density at radius 1 is 1.10 bits per heavy atom. The monoisotopic (exact) mass is 403 g/mol. The van der Waals surface area contributed by atoms with Crippen molar-refractivity contribution in [1.29, 1.82) is 0 Å². The quantitative estimate of drug-likeness (QED) is 0.655. The highest BCUT2D eigenvalue weighted by Crippen LogP contribution is 2.40. The number of ether oxygens (including phenoxy) is 1. The molecule has 1 aromatic heterocycles. The Kier molecular flexibility index (Phi) is 5.16. The van der Waals surface area contributed by atoms with E-state index < -0.39 is 6.04 Å². The number of benzene rings is 2. The van der Waals surface area contributed by atoms with E-state index in [0.717, 1.165) is 11.3 Å². The van der Waals surface area contributed by atoms with Gasteiger partial charge in [-0.15, -0.1) is 0 Å². The van der Waals surface area contributed by atoms with Gasteiger partial charge in [-0.1, -0.05) is 45.0 Å². The van der Waals surface area contributed by atoms with Gasteiger partial charge in [0.15, 0.2) is 5.78 Å². The third kappa shape index (κ3) is 4.13. The topological polar surface area (TPSA) is 77.2 Å². The lowest BCUT2D eigenvalue weighted by Gasteiger charge is -2.29. The first kappa shape index (κ1) is 19.9. The van der Waals surface area contributed by atoms with E-state index in [-0.39, 0.29) is 29.3 Å². The molecule has 0 spiro atoms. The summed E-state index contributed by atoms with van der Waals surface area (Å²) in [6.07, 6.45) is 4.52. The van der Waals surface area contributed by atoms with Crippen molar-refractivity contribution >= 4 is 5.78 Å². The van der Waals surface area contributed by atoms with Gasteiger partial charge in [0.25, 0.3) is 0 Å². The van der Waals surface area contributed by atoms with Crippen LogP contribution in [-0.4, -0.2) is 25.7 Å². The van der Waals surface area contributed by atoms with E-state index in [1.807, 2.05) is 36.4 Å². The number of nitrogens with zero attached hydrogens (tertiary/aromatic N) is 3. The molecule has 0 bridgehead atoms. The highest BCUT2D eigenvalue weighted by atomic mass is 16.5. The third-order valence-corrected chi connectivity index (χ3v) is 5.38. The summed E-state index contributed by atoms with van der Waals surface area (Å²) in [5.74, 6) is 1.03. The lowest BCUT2D eigenvalue weighted by atomic mass is 9.82. The van der Waals surface area contributed by atoms with Crippen LogP contribution in [0.2, 0.25) is 0 Å². The van der Waals surface area contributed by atoms with Gasteiger partial charge < -0.3 is 9.84 Å². The van der Waals surface area contributed by atoms with Crippen molar-refractivity contribution in [2.45, 2.75) is 44.6 Å². The molecular formula is C24H25N3O3. The Morgan fingerprint density at radius 3 is 2.53 bits per heavy atom. The predicted octanol–water partition coefficient (Wildman–Crippen LogP) is 5.11. The van der Waals surface area contributed by atoms with Gasteiger partial charge in [-0.3, -0.25) is 4.79 Å². The van der Waals surface area contributed by atoms with E-state index in [1.54, 1.807) is 11.0 Å². The van der Waals surface area contributed by atoms with Crippen molar-refractivity contribution in [3.63, 3.8) is 0 Å². The first-order valence-electron chi connectivity index (χ1n) is 9.97. The fraction of sp³-hybridized carbons (Fsp3) is 0.292. The van der Waals surface area contributed by atoms with Crippen molar-refractivity contribution in [2.75, 3.05) is 0 Å². The van der Waals surface area contributed by atoms with E-state index in [4.69, 9.17) is 4.74 Å². The second-order valence-corrected chi connectivity index (χ2v) is 8.62. The number of aliphatic hydroxyl groups excluding tert-OH is 1. The summed E-state index contributed by atoms with van der Waals surface area (Å²) in [7, 11) is 0. The van der Waals surface area contributed by atoms with Gasteiger partial charge in [0.2, 0.25) is 0 Å². The van der Waals surface area contributed by atoms with Crippen molar-refractivity contribution in [2.24, 2.45) is 0 Å². The maximum absolute atomic E-state index is 12.1. The zero-order valence-electron chi connectivity index (χ0n) is 17.3. The Morgan fingerprint density at radius 2 is 1.87 bits per heavy atom. The average Bonchev–Trinajstić information content (AvgIpc) is 3.21. The summed E-state index contributed by atoms with van der Waals surface area (Å²) in [6.45, 7) is 6.52. The van der Waals surface area contributed by atoms with Crippen LogP contribution in [0.25, 0.3) is 0 Å². The summed E-state index contributed by atoms with van der Waals surface area (Å²) < 4.78 is 7.65. The van der Waals surface area contributed by atoms with Crippen molar-refractivity contribution < 1.29 is 14.6 Å². The highest BCUT2D eigenvalue weighted by molar-refractivity contribution is 5.92. The Balaban J connectivity index is 1.61. The number of rotatable bonds is 4. The van der Waals surface area contributed by atoms with E-state index in [0.29, 0.717) is 5.75 Å². The predicted molar refractivity (Wildman–Crippen MR) is 114 cm³/mol. The summed E-state index contributed by atoms with van der Waals surface area (Å²) in [6, 6.07) is 15.2. The van der Waals surface area contributed by atoms with Gasteiger partial charge in [-0.25, -0.2) is 9.67 Å². The van der Waals surface area contributed by atoms with Gasteiger partial charge in [-0.05, 0) is 40.8 Å². The van der Waals surface area contributed by atoms with Crippen LogP contribution in [0.5, 0.6) is 11.5 Å². The van der Waals surface area contributed by atoms with Crippen molar-refractivity contribution in [1.82, 2.24) is 14.8 Å². The van der Waals surface area contributed by atoms with Crippen LogP contribution in [0.3, 0.4) is 0 Å². The molecule has 30 heavy (non-hydrogen) atoms. The molecule has 6 heteroatoms. The second-order valence-electron chi connectivity index (χ2n) is 8.62. The van der Waals surface area contributed by atoms with Crippen LogP contribution in [-0.2, 0) is 10.2 Å². The molecule has 0 radical (unpaired) electrons. The van der Waals surface area contributed by atoms with Gasteiger partial charge in [0.05, 0.1) is 0 Å². The molecule has 154 valence electrons. The summed E-state index contributed by atoms with van der Waals surface area (Å²) >= 11 is 0. The number of aromatic nitrogens is 3. The number of aliphatic hydroxyl groups is 1. The van der Waals surface area contributed by atoms with Gasteiger partial charge in [-0.2, -0.15) is 5.10 Å². The Bertz CT molecular complexity index is 1060. The smallest absolute Gasteiger partial charge is 0.159 e. The number of allylic oxidation sites excluding steroid dienone is 2. The average molecular weight is 403 g/mol. The minimum atomic E-state index is -0.480. The van der Waals surface area contributed by atoms with Crippen LogP contribution in [0.4, 0.5) is 0 Å². The number of carbonyl (C=O) groups excluding carboxylic acids is 1. The largest absolute Gasteiger partial charge is 0.510 e. The zero-order valence-corrected chi connectivity index (χ0v) is 17.3. The number of ketones is 1. The molecule has 4 rings (SSSR count). The number of hydrogen-bond acceptors (Lipinski definition) is 5. The van der Waals surface area contributed by atoms with Crippen molar-refractivity contribution in [3.8, 4) is 11.5 Å². The molecular weight excluding hydrogens is 378 g/mol. The number of hydrogen-bond donors (Lipinski definition) is 1. The van der Waals surface area contributed by atoms with Crippen LogP contribution < -0.4 is 4.74 Å². The lowest BCUT2D eigenvalue weighted by molar-refractivity contribution is -0.116. The fourth-order valence-corrected chi connectivity index (χ4v) is 3.79. The molecule has 0 unspecified atom stereocenters. The highest BCUT2D eigenvalue weighted by Gasteiger charge is 2.34. The van der Waals surface area contributed by atoms with Crippen LogP contribution in [0.1, 0.15) is 50.3 Å². The lowest BCUT2D eigenvalue weighted by Crippen LogP contribution is -2.27. The first-order valence-corrected chi connectivity index (χ1v) is 9.97. The molecule has 1 heterocycles. The van der Waals surface area contributed by atoms with Gasteiger partial charge in [0, 0.05) is 18.4 Å². The zero-order chi connectivity index (χ0) is 21.3. The summed E-state index contributed by atoms with van der Waals surface area (Å²) in [5, 5.41) is 14.6. The van der Waals surface area contributed by atoms with Crippen LogP contribution >= 0.6 is 0 Å². The minimum absolute atomic E-state index is 0.00848. The molecule has 1 aliphatic rings. The summed E-state index contributed by atoms with van der Waals surface area (Å²) in [4.78, 5) is 16.1. The van der Waals surface area contributed by atoms with E-state index in [9.17, 15) is 9.90 Å². The Hall–Kier alpha value is -3.41. The maximum atomic E-state index is 12.1. The SMILES string of the molecule is CC(C)(C)c1ccc(Oc2cccc([C@@H]3CC(=O)C=C(O)[C@@H]3n3cncn3)c2)cc1. The van der Waals surface area contributed by atoms with Crippen LogP contribution in [0, 0.1) is 0 Å². The molecule has 2 atom stereocenters. The van der Waals surface area contributed by atoms with Crippen LogP contribution in [0.15, 0.2) is 73.0 Å². The van der Waals surface area contributed by atoms with E-state index in [1.165, 1.54) is 18.0 Å². The molecule has 0 saturated carbocycles. The third-order valence-electron chi connectivity index (χ3n) is 5.38. The normalized spacial score (nSPS) is 19.4. The van der Waals surface area contributed by atoms with Gasteiger partial charge in [0.1, 0.15) is 36.0 Å². The molecule has 6 nitrogen and oxygen atoms in total. The molecule has 1 aliphatic carbocycles. The molecule has 0 aliphatic heterocycles. The molecule has 0 saturated heterocycles. The fourth-order valence-electron chi connectivity index (χ4n) is 3.79. The first-order chi connectivity index (χ1) is 14.3. The standard InChI is InChI=1S/C24H25N3O3/c1-24(2,3)17-7-9-19(10-8-17)30-20-6-4-5-16(11-20)21-12-18(28)13-22(29)23(21)27-15-25-14-26-27/h4-11,13-15,21,23,29H,12H2,1-3H3/t21-,23+/m0/s1. The van der Waals surface area contributed by atoms with E-state index >= 15 is 0 Å². The molecule has 0 amide bonds. The van der Waals surface area contributed by atoms with E-state index in [2.05, 4.69) is 43.0 Å². The molecule has 3 aromatic rings. The van der Waals surface area contributed by atoms with Gasteiger partial charge >= 0.3 is 0 Å². The molecule has 0 fully saturated rings. The maximum Gasteiger partial charge on any atom is 0.159 e. The summed E-state index contributed by atoms with van der Waals surface area (Å²) in [5.41, 5.74) is 2.22. The minimum Gasteiger partial charge on any atom is -0.510 e. The number of carbonyl (C=O) groups is 1. The van der Waals surface area contributed by atoms with Crippen molar-refractivity contribution in [3.05, 3.63) is 84.1 Å². The molecule has 1 N–H and O–H groups in total. The Labute approximate surface area is 175 Å². The second kappa shape index (κ2) is 7.78. The molecule has 2 aromatic carbocycles.